The second kappa shape index (κ2) is 10.1. The number of amides is 1. The lowest BCUT2D eigenvalue weighted by atomic mass is 10.1. The smallest absolute Gasteiger partial charge is 0.416 e. The molecular weight excluding hydrogens is 495 g/mol. The average molecular weight is 518 g/mol. The molecule has 0 unspecified atom stereocenters. The van der Waals surface area contributed by atoms with Gasteiger partial charge < -0.3 is 10.1 Å². The highest BCUT2D eigenvalue weighted by atomic mass is 35.5. The van der Waals surface area contributed by atoms with Crippen molar-refractivity contribution >= 4 is 23.3 Å². The Labute approximate surface area is 210 Å². The Morgan fingerprint density at radius 3 is 2.47 bits per heavy atom. The molecule has 11 heteroatoms. The highest BCUT2D eigenvalue weighted by Gasteiger charge is 2.30. The molecule has 0 saturated heterocycles. The minimum absolute atomic E-state index is 0.0958. The Balaban J connectivity index is 1.38. The summed E-state index contributed by atoms with van der Waals surface area (Å²) in [6.45, 7) is 5.75. The molecule has 0 aliphatic carbocycles. The Morgan fingerprint density at radius 1 is 1.06 bits per heavy atom. The lowest BCUT2D eigenvalue weighted by molar-refractivity contribution is -0.137. The van der Waals surface area contributed by atoms with E-state index in [0.717, 1.165) is 23.3 Å². The molecule has 1 amide bonds. The third kappa shape index (κ3) is 5.88. The van der Waals surface area contributed by atoms with Crippen molar-refractivity contribution in [2.24, 2.45) is 0 Å². The van der Waals surface area contributed by atoms with Crippen LogP contribution in [-0.4, -0.2) is 25.5 Å². The Kier molecular flexibility index (Phi) is 7.07. The maximum atomic E-state index is 13.0. The molecule has 4 aromatic rings. The first-order valence-corrected chi connectivity index (χ1v) is 11.3. The number of ether oxygens (including phenoxy) is 1. The molecule has 0 aliphatic rings. The van der Waals surface area contributed by atoms with Crippen LogP contribution in [0.1, 0.15) is 38.4 Å². The van der Waals surface area contributed by atoms with Gasteiger partial charge in [-0.3, -0.25) is 9.48 Å². The fourth-order valence-corrected chi connectivity index (χ4v) is 3.72. The average Bonchev–Trinajstić information content (AvgIpc) is 3.42. The largest absolute Gasteiger partial charge is 0.471 e. The predicted octanol–water partition coefficient (Wildman–Crippen LogP) is 6.01. The van der Waals surface area contributed by atoms with E-state index in [9.17, 15) is 18.0 Å². The maximum Gasteiger partial charge on any atom is 0.416 e. The second-order valence-electron chi connectivity index (χ2n) is 8.37. The fraction of sp³-hybridized carbons (Fsp3) is 0.240. The molecule has 0 bridgehead atoms. The van der Waals surface area contributed by atoms with Crippen molar-refractivity contribution in [1.82, 2.24) is 19.6 Å². The first-order chi connectivity index (χ1) is 17.0. The molecule has 1 N–H and O–H groups in total. The summed E-state index contributed by atoms with van der Waals surface area (Å²) in [6.07, 6.45) is -2.81. The van der Waals surface area contributed by atoms with Gasteiger partial charge in [0.05, 0.1) is 12.1 Å². The number of aryl methyl sites for hydroxylation is 3. The van der Waals surface area contributed by atoms with E-state index >= 15 is 0 Å². The lowest BCUT2D eigenvalue weighted by Gasteiger charge is -2.10. The van der Waals surface area contributed by atoms with Crippen LogP contribution in [0.3, 0.4) is 0 Å². The molecule has 4 rings (SSSR count). The number of carbonyl (C=O) groups excluding carboxylic acids is 1. The number of rotatable bonds is 7. The van der Waals surface area contributed by atoms with Gasteiger partial charge in [-0.1, -0.05) is 23.7 Å². The summed E-state index contributed by atoms with van der Waals surface area (Å²) in [7, 11) is 0. The minimum Gasteiger partial charge on any atom is -0.471 e. The molecule has 0 aliphatic heterocycles. The molecule has 2 heterocycles. The second-order valence-corrected chi connectivity index (χ2v) is 8.74. The molecule has 0 fully saturated rings. The number of carbonyl (C=O) groups is 1. The summed E-state index contributed by atoms with van der Waals surface area (Å²) in [4.78, 5) is 12.6. The molecular formula is C25H23ClF3N5O2. The zero-order valence-corrected chi connectivity index (χ0v) is 20.5. The van der Waals surface area contributed by atoms with E-state index in [1.165, 1.54) is 15.4 Å². The topological polar surface area (TPSA) is 74.0 Å². The van der Waals surface area contributed by atoms with Crippen LogP contribution in [0.25, 0.3) is 0 Å². The molecule has 188 valence electrons. The van der Waals surface area contributed by atoms with Crippen LogP contribution in [0.5, 0.6) is 5.75 Å². The Bertz CT molecular complexity index is 1390. The van der Waals surface area contributed by atoms with E-state index in [4.69, 9.17) is 16.3 Å². The van der Waals surface area contributed by atoms with E-state index in [1.807, 2.05) is 26.0 Å². The van der Waals surface area contributed by atoms with E-state index < -0.39 is 17.6 Å². The standard InChI is InChI=1S/C25H23ClF3N5O2/c1-15-9-20(10-16(2)23(15)26)36-14-33-8-7-21(31-33)24(35)30-22-11-17(3)34(32-22)13-18-5-4-6-19(12-18)25(27,28)29/h4-12H,13-14H2,1-3H3,(H,30,32,35). The van der Waals surface area contributed by atoms with Gasteiger partial charge in [-0.25, -0.2) is 4.68 Å². The number of benzene rings is 2. The van der Waals surface area contributed by atoms with E-state index in [0.29, 0.717) is 22.0 Å². The van der Waals surface area contributed by atoms with Crippen molar-refractivity contribution in [3.63, 3.8) is 0 Å². The number of anilines is 1. The minimum atomic E-state index is -4.42. The summed E-state index contributed by atoms with van der Waals surface area (Å²) in [5, 5.41) is 11.9. The molecule has 0 spiro atoms. The fourth-order valence-electron chi connectivity index (χ4n) is 3.62. The first kappa shape index (κ1) is 25.3. The van der Waals surface area contributed by atoms with Gasteiger partial charge in [0.25, 0.3) is 5.91 Å². The summed E-state index contributed by atoms with van der Waals surface area (Å²) in [6, 6.07) is 11.9. The molecule has 0 saturated carbocycles. The van der Waals surface area contributed by atoms with Gasteiger partial charge in [0.15, 0.2) is 18.2 Å². The van der Waals surface area contributed by atoms with Crippen molar-refractivity contribution in [3.05, 3.63) is 93.4 Å². The zero-order valence-electron chi connectivity index (χ0n) is 19.7. The quantitative estimate of drug-likeness (QED) is 0.325. The summed E-state index contributed by atoms with van der Waals surface area (Å²) >= 11 is 6.18. The Hall–Kier alpha value is -3.79. The number of aromatic nitrogens is 4. The number of hydrogen-bond donors (Lipinski definition) is 1. The lowest BCUT2D eigenvalue weighted by Crippen LogP contribution is -2.15. The van der Waals surface area contributed by atoms with Crippen LogP contribution >= 0.6 is 11.6 Å². The van der Waals surface area contributed by atoms with Gasteiger partial charge in [-0.15, -0.1) is 0 Å². The van der Waals surface area contributed by atoms with Crippen molar-refractivity contribution < 1.29 is 22.7 Å². The molecule has 0 radical (unpaired) electrons. The predicted molar refractivity (Wildman–Crippen MR) is 129 cm³/mol. The normalized spacial score (nSPS) is 11.5. The third-order valence-electron chi connectivity index (χ3n) is 5.46. The van der Waals surface area contributed by atoms with Crippen LogP contribution in [-0.2, 0) is 19.5 Å². The monoisotopic (exact) mass is 517 g/mol. The molecule has 2 aromatic carbocycles. The van der Waals surface area contributed by atoms with Crippen molar-refractivity contribution in [2.75, 3.05) is 5.32 Å². The maximum absolute atomic E-state index is 13.0. The van der Waals surface area contributed by atoms with Gasteiger partial charge in [-0.2, -0.15) is 23.4 Å². The van der Waals surface area contributed by atoms with Crippen molar-refractivity contribution in [2.45, 2.75) is 40.2 Å². The van der Waals surface area contributed by atoms with Gasteiger partial charge in [0, 0.05) is 23.0 Å². The summed E-state index contributed by atoms with van der Waals surface area (Å²) in [5.74, 6) is 0.427. The molecule has 2 aromatic heterocycles. The molecule has 36 heavy (non-hydrogen) atoms. The number of nitrogens with one attached hydrogen (secondary N) is 1. The molecule has 0 atom stereocenters. The zero-order chi connectivity index (χ0) is 26.0. The van der Waals surface area contributed by atoms with E-state index in [-0.39, 0.29) is 24.8 Å². The first-order valence-electron chi connectivity index (χ1n) is 10.9. The van der Waals surface area contributed by atoms with E-state index in [2.05, 4.69) is 15.5 Å². The van der Waals surface area contributed by atoms with Gasteiger partial charge >= 0.3 is 6.18 Å². The summed E-state index contributed by atoms with van der Waals surface area (Å²) in [5.41, 5.74) is 2.35. The number of nitrogens with zero attached hydrogens (tertiary/aromatic N) is 4. The van der Waals surface area contributed by atoms with Gasteiger partial charge in [0.1, 0.15) is 5.75 Å². The Morgan fingerprint density at radius 2 is 1.78 bits per heavy atom. The van der Waals surface area contributed by atoms with Crippen LogP contribution in [0.4, 0.5) is 19.0 Å². The van der Waals surface area contributed by atoms with Crippen LogP contribution < -0.4 is 10.1 Å². The highest BCUT2D eigenvalue weighted by molar-refractivity contribution is 6.32. The van der Waals surface area contributed by atoms with Crippen LogP contribution in [0.15, 0.2) is 54.7 Å². The number of halogens is 4. The van der Waals surface area contributed by atoms with Crippen LogP contribution in [0.2, 0.25) is 5.02 Å². The highest BCUT2D eigenvalue weighted by Crippen LogP contribution is 2.30. The summed E-state index contributed by atoms with van der Waals surface area (Å²) < 4.78 is 47.7. The third-order valence-corrected chi connectivity index (χ3v) is 6.05. The van der Waals surface area contributed by atoms with Gasteiger partial charge in [0.2, 0.25) is 0 Å². The van der Waals surface area contributed by atoms with E-state index in [1.54, 1.807) is 31.3 Å². The SMILES string of the molecule is Cc1cc(OCn2ccc(C(=O)Nc3cc(C)n(Cc4cccc(C(F)(F)F)c4)n3)n2)cc(C)c1Cl. The van der Waals surface area contributed by atoms with Crippen molar-refractivity contribution in [1.29, 1.82) is 0 Å². The van der Waals surface area contributed by atoms with Crippen molar-refractivity contribution in [3.8, 4) is 5.75 Å². The number of alkyl halides is 3. The number of hydrogen-bond acceptors (Lipinski definition) is 4. The van der Waals surface area contributed by atoms with Gasteiger partial charge in [-0.05, 0) is 67.8 Å². The molecule has 7 nitrogen and oxygen atoms in total. The van der Waals surface area contributed by atoms with Crippen LogP contribution in [0, 0.1) is 20.8 Å².